The van der Waals surface area contributed by atoms with Gasteiger partial charge in [0.25, 0.3) is 9.70 Å². The molecule has 1 atom stereocenters. The number of ether oxygens (including phenoxy) is 1. The van der Waals surface area contributed by atoms with Crippen LogP contribution in [0.4, 0.5) is 0 Å². The van der Waals surface area contributed by atoms with Crippen LogP contribution >= 0.6 is 34.8 Å². The Hall–Kier alpha value is 0.300. The second-order valence-electron chi connectivity index (χ2n) is 2.90. The maximum atomic E-state index is 11.4. The Kier molecular flexibility index (Phi) is 3.69. The predicted octanol–water partition coefficient (Wildman–Crippen LogP) is 1.60. The lowest BCUT2D eigenvalue weighted by molar-refractivity contribution is -0.129. The molecule has 6 heteroatoms. The second kappa shape index (κ2) is 4.22. The summed E-state index contributed by atoms with van der Waals surface area (Å²) in [7, 11) is 1.61. The fourth-order valence-electron chi connectivity index (χ4n) is 1.28. The number of alkyl halides is 3. The summed E-state index contributed by atoms with van der Waals surface area (Å²) < 4.78 is 3.24. The normalized spacial score (nSPS) is 23.7. The van der Waals surface area contributed by atoms with Crippen LogP contribution < -0.4 is 0 Å². The standard InChI is InChI=1S/C7H10Cl3NO2/c1-13-5-2-3-11(4-5)6(12)7(8,9)10/h5H,2-4H2,1H3. The average Bonchev–Trinajstić information content (AvgIpc) is 2.48. The van der Waals surface area contributed by atoms with E-state index in [2.05, 4.69) is 0 Å². The molecule has 0 spiro atoms. The average molecular weight is 247 g/mol. The van der Waals surface area contributed by atoms with Crippen molar-refractivity contribution in [2.45, 2.75) is 16.3 Å². The molecule has 0 bridgehead atoms. The van der Waals surface area contributed by atoms with Crippen molar-refractivity contribution in [3.63, 3.8) is 0 Å². The molecule has 1 heterocycles. The minimum Gasteiger partial charge on any atom is -0.380 e. The molecule has 0 aromatic heterocycles. The van der Waals surface area contributed by atoms with Crippen LogP contribution in [0.5, 0.6) is 0 Å². The molecule has 1 fully saturated rings. The van der Waals surface area contributed by atoms with Crippen molar-refractivity contribution in [3.8, 4) is 0 Å². The third-order valence-corrected chi connectivity index (χ3v) is 2.49. The molecular formula is C7H10Cl3NO2. The molecule has 0 aromatic rings. The van der Waals surface area contributed by atoms with Crippen molar-refractivity contribution in [3.05, 3.63) is 0 Å². The molecule has 1 aliphatic rings. The first kappa shape index (κ1) is 11.4. The highest BCUT2D eigenvalue weighted by Crippen LogP contribution is 2.30. The van der Waals surface area contributed by atoms with Crippen molar-refractivity contribution in [1.29, 1.82) is 0 Å². The van der Waals surface area contributed by atoms with Gasteiger partial charge in [-0.15, -0.1) is 0 Å². The van der Waals surface area contributed by atoms with E-state index in [-0.39, 0.29) is 6.10 Å². The van der Waals surface area contributed by atoms with Gasteiger partial charge in [-0.25, -0.2) is 0 Å². The first-order chi connectivity index (χ1) is 5.95. The van der Waals surface area contributed by atoms with Crippen LogP contribution in [0.3, 0.4) is 0 Å². The quantitative estimate of drug-likeness (QED) is 0.658. The van der Waals surface area contributed by atoms with Crippen LogP contribution in [-0.4, -0.2) is 40.9 Å². The van der Waals surface area contributed by atoms with Crippen molar-refractivity contribution < 1.29 is 9.53 Å². The Morgan fingerprint density at radius 3 is 2.54 bits per heavy atom. The largest absolute Gasteiger partial charge is 0.380 e. The molecular weight excluding hydrogens is 236 g/mol. The summed E-state index contributed by atoms with van der Waals surface area (Å²) in [5.74, 6) is -0.475. The molecule has 13 heavy (non-hydrogen) atoms. The minimum absolute atomic E-state index is 0.0660. The number of amides is 1. The van der Waals surface area contributed by atoms with Gasteiger partial charge in [0.1, 0.15) is 0 Å². The highest BCUT2D eigenvalue weighted by Gasteiger charge is 2.38. The summed E-state index contributed by atoms with van der Waals surface area (Å²) in [4.78, 5) is 12.9. The van der Waals surface area contributed by atoms with Gasteiger partial charge in [-0.2, -0.15) is 0 Å². The molecule has 0 aliphatic carbocycles. The number of likely N-dealkylation sites (tertiary alicyclic amines) is 1. The molecule has 1 amide bonds. The van der Waals surface area contributed by atoms with Crippen LogP contribution in [0.25, 0.3) is 0 Å². The zero-order valence-corrected chi connectivity index (χ0v) is 9.36. The fraction of sp³-hybridized carbons (Fsp3) is 0.857. The Morgan fingerprint density at radius 2 is 2.15 bits per heavy atom. The molecule has 1 aliphatic heterocycles. The molecule has 0 N–H and O–H groups in total. The zero-order valence-electron chi connectivity index (χ0n) is 7.10. The Morgan fingerprint density at radius 1 is 1.54 bits per heavy atom. The van der Waals surface area contributed by atoms with Crippen LogP contribution in [0.2, 0.25) is 0 Å². The third kappa shape index (κ3) is 2.88. The fourth-order valence-corrected chi connectivity index (χ4v) is 1.64. The van der Waals surface area contributed by atoms with Crippen molar-refractivity contribution in [2.24, 2.45) is 0 Å². The number of nitrogens with zero attached hydrogens (tertiary/aromatic N) is 1. The Balaban J connectivity index is 2.52. The smallest absolute Gasteiger partial charge is 0.274 e. The maximum absolute atomic E-state index is 11.4. The molecule has 1 rings (SSSR count). The maximum Gasteiger partial charge on any atom is 0.274 e. The molecule has 0 saturated carbocycles. The van der Waals surface area contributed by atoms with Gasteiger partial charge in [0.15, 0.2) is 0 Å². The summed E-state index contributed by atoms with van der Waals surface area (Å²) in [5, 5.41) is 0. The summed E-state index contributed by atoms with van der Waals surface area (Å²) in [5.41, 5.74) is 0. The van der Waals surface area contributed by atoms with Crippen LogP contribution in [-0.2, 0) is 9.53 Å². The van der Waals surface area contributed by atoms with E-state index in [0.29, 0.717) is 13.1 Å². The predicted molar refractivity (Wildman–Crippen MR) is 52.3 cm³/mol. The van der Waals surface area contributed by atoms with Crippen molar-refractivity contribution >= 4 is 40.7 Å². The van der Waals surface area contributed by atoms with Crippen molar-refractivity contribution in [1.82, 2.24) is 4.90 Å². The number of carbonyl (C=O) groups excluding carboxylic acids is 1. The van der Waals surface area contributed by atoms with Gasteiger partial charge < -0.3 is 9.64 Å². The van der Waals surface area contributed by atoms with Gasteiger partial charge >= 0.3 is 0 Å². The zero-order chi connectivity index (χ0) is 10.1. The molecule has 1 saturated heterocycles. The number of hydrogen-bond acceptors (Lipinski definition) is 2. The monoisotopic (exact) mass is 245 g/mol. The summed E-state index contributed by atoms with van der Waals surface area (Å²) in [6.45, 7) is 1.09. The molecule has 1 unspecified atom stereocenters. The van der Waals surface area contributed by atoms with Gasteiger partial charge in [0.2, 0.25) is 0 Å². The molecule has 3 nitrogen and oxygen atoms in total. The molecule has 0 radical (unpaired) electrons. The van der Waals surface area contributed by atoms with E-state index >= 15 is 0 Å². The van der Waals surface area contributed by atoms with Crippen molar-refractivity contribution in [2.75, 3.05) is 20.2 Å². The first-order valence-electron chi connectivity index (χ1n) is 3.84. The van der Waals surface area contributed by atoms with Gasteiger partial charge in [-0.05, 0) is 6.42 Å². The number of rotatable bonds is 1. The minimum atomic E-state index is -1.84. The van der Waals surface area contributed by atoms with Crippen LogP contribution in [0.15, 0.2) is 0 Å². The van der Waals surface area contributed by atoms with E-state index in [4.69, 9.17) is 39.5 Å². The van der Waals surface area contributed by atoms with Crippen LogP contribution in [0.1, 0.15) is 6.42 Å². The summed E-state index contributed by atoms with van der Waals surface area (Å²) in [6.07, 6.45) is 0.861. The number of carbonyl (C=O) groups is 1. The van der Waals surface area contributed by atoms with E-state index < -0.39 is 9.70 Å². The van der Waals surface area contributed by atoms with E-state index in [9.17, 15) is 4.79 Å². The SMILES string of the molecule is COC1CCN(C(=O)C(Cl)(Cl)Cl)C1. The van der Waals surface area contributed by atoms with E-state index in [1.54, 1.807) is 7.11 Å². The van der Waals surface area contributed by atoms with Gasteiger partial charge in [0.05, 0.1) is 6.10 Å². The number of hydrogen-bond donors (Lipinski definition) is 0. The second-order valence-corrected chi connectivity index (χ2v) is 5.18. The Bertz CT molecular complexity index is 204. The Labute approximate surface area is 91.9 Å². The van der Waals surface area contributed by atoms with E-state index in [0.717, 1.165) is 6.42 Å². The van der Waals surface area contributed by atoms with E-state index in [1.165, 1.54) is 4.90 Å². The topological polar surface area (TPSA) is 29.5 Å². The third-order valence-electron chi connectivity index (χ3n) is 2.01. The van der Waals surface area contributed by atoms with Gasteiger partial charge in [-0.3, -0.25) is 4.79 Å². The highest BCUT2D eigenvalue weighted by molar-refractivity contribution is 6.76. The van der Waals surface area contributed by atoms with Gasteiger partial charge in [0, 0.05) is 20.2 Å². The lowest BCUT2D eigenvalue weighted by Gasteiger charge is -2.20. The lowest BCUT2D eigenvalue weighted by Crippen LogP contribution is -2.38. The molecule has 0 aromatic carbocycles. The molecule has 76 valence electrons. The lowest BCUT2D eigenvalue weighted by atomic mass is 10.3. The highest BCUT2D eigenvalue weighted by atomic mass is 35.6. The summed E-state index contributed by atoms with van der Waals surface area (Å²) >= 11 is 16.4. The van der Waals surface area contributed by atoms with Crippen LogP contribution in [0, 0.1) is 0 Å². The van der Waals surface area contributed by atoms with Gasteiger partial charge in [-0.1, -0.05) is 34.8 Å². The number of halogens is 3. The van der Waals surface area contributed by atoms with E-state index in [1.807, 2.05) is 0 Å². The summed E-state index contributed by atoms with van der Waals surface area (Å²) in [6, 6.07) is 0. The number of methoxy groups -OCH3 is 1. The first-order valence-corrected chi connectivity index (χ1v) is 4.97.